The number of rotatable bonds is 6. The molecule has 0 fully saturated rings. The number of carbonyl (C=O) groups is 1. The zero-order valence-electron chi connectivity index (χ0n) is 14.7. The van der Waals surface area contributed by atoms with E-state index in [1.165, 1.54) is 0 Å². The average Bonchev–Trinajstić information content (AvgIpc) is 2.64. The Morgan fingerprint density at radius 1 is 1.26 bits per heavy atom. The Balaban J connectivity index is 2.07. The second-order valence-corrected chi connectivity index (χ2v) is 6.02. The monoisotopic (exact) mass is 366 g/mol. The normalized spacial score (nSPS) is 11.8. The number of hydrogen-bond donors (Lipinski definition) is 4. The summed E-state index contributed by atoms with van der Waals surface area (Å²) >= 11 is 0. The van der Waals surface area contributed by atoms with Crippen molar-refractivity contribution in [1.29, 1.82) is 0 Å². The number of pyridine rings is 2. The van der Waals surface area contributed by atoms with Gasteiger partial charge in [0.1, 0.15) is 5.82 Å². The van der Waals surface area contributed by atoms with Gasteiger partial charge in [0.15, 0.2) is 11.6 Å². The summed E-state index contributed by atoms with van der Waals surface area (Å²) in [6.07, 6.45) is 1.68. The Bertz CT molecular complexity index is 1030. The first kappa shape index (κ1) is 18.3. The number of nitrogens with zero attached hydrogens (tertiary/aromatic N) is 2. The highest BCUT2D eigenvalue weighted by Crippen LogP contribution is 2.28. The summed E-state index contributed by atoms with van der Waals surface area (Å²) in [5.41, 5.74) is 12.8. The van der Waals surface area contributed by atoms with Gasteiger partial charge in [-0.15, -0.1) is 0 Å². The summed E-state index contributed by atoms with van der Waals surface area (Å²) in [5, 5.41) is 6.59. The quantitative estimate of drug-likeness (QED) is 0.533. The molecule has 27 heavy (non-hydrogen) atoms. The van der Waals surface area contributed by atoms with Crippen LogP contribution >= 0.6 is 0 Å². The first-order chi connectivity index (χ1) is 12.9. The van der Waals surface area contributed by atoms with Crippen LogP contribution in [0.15, 0.2) is 54.9 Å². The zero-order valence-corrected chi connectivity index (χ0v) is 14.7. The van der Waals surface area contributed by atoms with E-state index in [2.05, 4.69) is 27.2 Å². The third kappa shape index (κ3) is 3.85. The summed E-state index contributed by atoms with van der Waals surface area (Å²) in [6.45, 7) is 5.44. The van der Waals surface area contributed by atoms with Gasteiger partial charge in [-0.1, -0.05) is 12.6 Å². The van der Waals surface area contributed by atoms with Crippen molar-refractivity contribution in [3.8, 4) is 0 Å². The molecule has 0 aliphatic carbocycles. The van der Waals surface area contributed by atoms with Gasteiger partial charge in [-0.2, -0.15) is 0 Å². The third-order valence-electron chi connectivity index (χ3n) is 3.97. The van der Waals surface area contributed by atoms with Crippen molar-refractivity contribution in [3.05, 3.63) is 66.3 Å². The largest absolute Gasteiger partial charge is 0.365 e. The molecule has 2 aromatic heterocycles. The van der Waals surface area contributed by atoms with E-state index in [0.29, 0.717) is 11.4 Å². The fourth-order valence-electron chi connectivity index (χ4n) is 2.47. The molecule has 1 aromatic carbocycles. The summed E-state index contributed by atoms with van der Waals surface area (Å²) in [6, 6.07) is 9.74. The van der Waals surface area contributed by atoms with Crippen LogP contribution in [0.3, 0.4) is 0 Å². The van der Waals surface area contributed by atoms with Crippen LogP contribution in [0.4, 0.5) is 21.7 Å². The van der Waals surface area contributed by atoms with Gasteiger partial charge in [0.2, 0.25) is 0 Å². The van der Waals surface area contributed by atoms with Gasteiger partial charge < -0.3 is 22.1 Å². The predicted molar refractivity (Wildman–Crippen MR) is 104 cm³/mol. The summed E-state index contributed by atoms with van der Waals surface area (Å²) in [7, 11) is 0. The van der Waals surface area contributed by atoms with Crippen LogP contribution in [0.5, 0.6) is 0 Å². The third-order valence-corrected chi connectivity index (χ3v) is 3.97. The zero-order chi connectivity index (χ0) is 19.6. The number of primary amides is 1. The van der Waals surface area contributed by atoms with Crippen LogP contribution in [0.1, 0.15) is 17.3 Å². The van der Waals surface area contributed by atoms with E-state index in [0.717, 1.165) is 17.0 Å². The Morgan fingerprint density at radius 2 is 2.04 bits per heavy atom. The molecule has 138 valence electrons. The number of hydrogen-bond acceptors (Lipinski definition) is 6. The minimum Gasteiger partial charge on any atom is -0.365 e. The molecule has 6 N–H and O–H groups in total. The van der Waals surface area contributed by atoms with E-state index in [1.54, 1.807) is 25.3 Å². The van der Waals surface area contributed by atoms with Gasteiger partial charge in [0, 0.05) is 29.0 Å². The molecule has 3 rings (SSSR count). The van der Waals surface area contributed by atoms with Crippen molar-refractivity contribution in [3.63, 3.8) is 0 Å². The maximum atomic E-state index is 14.4. The molecule has 3 aromatic rings. The van der Waals surface area contributed by atoms with Crippen molar-refractivity contribution in [2.45, 2.75) is 13.0 Å². The molecule has 0 aliphatic rings. The molecule has 1 amide bonds. The molecule has 2 heterocycles. The molecule has 0 saturated carbocycles. The number of anilines is 3. The predicted octanol–water partition coefficient (Wildman–Crippen LogP) is 2.88. The SMILES string of the molecule is C=C(Nc1nc(Nc2cccc3ncccc23)c(C(N)=O)cc1F)[C@H](C)N. The Hall–Kier alpha value is -3.52. The molecule has 7 nitrogen and oxygen atoms in total. The number of nitrogens with one attached hydrogen (secondary N) is 2. The van der Waals surface area contributed by atoms with Gasteiger partial charge in [0.05, 0.1) is 11.1 Å². The van der Waals surface area contributed by atoms with E-state index < -0.39 is 17.8 Å². The number of nitrogens with two attached hydrogens (primary N) is 2. The molecule has 0 unspecified atom stereocenters. The lowest BCUT2D eigenvalue weighted by Gasteiger charge is -2.16. The smallest absolute Gasteiger partial charge is 0.252 e. The highest BCUT2D eigenvalue weighted by Gasteiger charge is 2.17. The lowest BCUT2D eigenvalue weighted by molar-refractivity contribution is 0.100. The number of carbonyl (C=O) groups excluding carboxylic acids is 1. The van der Waals surface area contributed by atoms with Gasteiger partial charge >= 0.3 is 0 Å². The van der Waals surface area contributed by atoms with Crippen molar-refractivity contribution in [2.24, 2.45) is 11.5 Å². The minimum atomic E-state index is -0.806. The first-order valence-electron chi connectivity index (χ1n) is 8.19. The maximum absolute atomic E-state index is 14.4. The Labute approximate surface area is 155 Å². The molecule has 1 atom stereocenters. The maximum Gasteiger partial charge on any atom is 0.252 e. The molecular weight excluding hydrogens is 347 g/mol. The summed E-state index contributed by atoms with van der Waals surface area (Å²) < 4.78 is 14.4. The molecule has 0 radical (unpaired) electrons. The van der Waals surface area contributed by atoms with Crippen LogP contribution < -0.4 is 22.1 Å². The average molecular weight is 366 g/mol. The van der Waals surface area contributed by atoms with Gasteiger partial charge in [0.25, 0.3) is 5.91 Å². The molecule has 8 heteroatoms. The van der Waals surface area contributed by atoms with Crippen LogP contribution in [0.25, 0.3) is 10.9 Å². The first-order valence-corrected chi connectivity index (χ1v) is 8.19. The van der Waals surface area contributed by atoms with Gasteiger partial charge in [-0.25, -0.2) is 9.37 Å². The van der Waals surface area contributed by atoms with Crippen molar-refractivity contribution >= 4 is 34.1 Å². The lowest BCUT2D eigenvalue weighted by Crippen LogP contribution is -2.23. The fourth-order valence-corrected chi connectivity index (χ4v) is 2.47. The number of halogens is 1. The van der Waals surface area contributed by atoms with E-state index in [-0.39, 0.29) is 17.2 Å². The summed E-state index contributed by atoms with van der Waals surface area (Å²) in [5.74, 6) is -1.54. The van der Waals surface area contributed by atoms with Crippen molar-refractivity contribution in [2.75, 3.05) is 10.6 Å². The fraction of sp³-hybridized carbons (Fsp3) is 0.105. The van der Waals surface area contributed by atoms with E-state index in [1.807, 2.05) is 18.2 Å². The standard InChI is InChI=1S/C19H19FN6O/c1-10(21)11(2)24-19-14(20)9-13(17(22)27)18(26-19)25-16-7-3-6-15-12(16)5-4-8-23-15/h3-10H,2,21H2,1H3,(H2,22,27)(H2,24,25,26)/t10-/m0/s1. The number of benzene rings is 1. The van der Waals surface area contributed by atoms with Gasteiger partial charge in [-0.3, -0.25) is 9.78 Å². The Kier molecular flexibility index (Phi) is 5.00. The van der Waals surface area contributed by atoms with Crippen LogP contribution in [0.2, 0.25) is 0 Å². The second kappa shape index (κ2) is 7.38. The minimum absolute atomic E-state index is 0.0784. The van der Waals surface area contributed by atoms with Crippen LogP contribution in [-0.2, 0) is 0 Å². The molecule has 0 aliphatic heterocycles. The molecular formula is C19H19FN6O. The van der Waals surface area contributed by atoms with Crippen molar-refractivity contribution < 1.29 is 9.18 Å². The van der Waals surface area contributed by atoms with E-state index in [4.69, 9.17) is 11.5 Å². The van der Waals surface area contributed by atoms with E-state index >= 15 is 0 Å². The number of fused-ring (bicyclic) bond motifs is 1. The highest BCUT2D eigenvalue weighted by atomic mass is 19.1. The van der Waals surface area contributed by atoms with E-state index in [9.17, 15) is 9.18 Å². The molecule has 0 saturated heterocycles. The number of aromatic nitrogens is 2. The molecule has 0 bridgehead atoms. The van der Waals surface area contributed by atoms with Gasteiger partial charge in [-0.05, 0) is 37.3 Å². The lowest BCUT2D eigenvalue weighted by atomic mass is 10.1. The van der Waals surface area contributed by atoms with Crippen LogP contribution in [0, 0.1) is 5.82 Å². The highest BCUT2D eigenvalue weighted by molar-refractivity contribution is 6.00. The summed E-state index contributed by atoms with van der Waals surface area (Å²) in [4.78, 5) is 20.2. The number of amides is 1. The van der Waals surface area contributed by atoms with Crippen molar-refractivity contribution in [1.82, 2.24) is 9.97 Å². The second-order valence-electron chi connectivity index (χ2n) is 6.02. The topological polar surface area (TPSA) is 119 Å². The Morgan fingerprint density at radius 3 is 2.74 bits per heavy atom. The van der Waals surface area contributed by atoms with Crippen LogP contribution in [-0.4, -0.2) is 21.9 Å². The molecule has 0 spiro atoms.